The second-order valence-corrected chi connectivity index (χ2v) is 20.2. The first kappa shape index (κ1) is 44.7. The van der Waals surface area contributed by atoms with E-state index in [4.69, 9.17) is 0 Å². The molecule has 1 aliphatic heterocycles. The molecule has 316 valence electrons. The number of likely N-dealkylation sites (tertiary alicyclic amines) is 1. The molecule has 5 fully saturated rings. The minimum Gasteiger partial charge on any atom is -0.393 e. The molecule has 6 heteroatoms. The fourth-order valence-corrected chi connectivity index (χ4v) is 13.6. The number of carbonyl (C=O) groups is 2. The van der Waals surface area contributed by atoms with Crippen molar-refractivity contribution < 1.29 is 19.8 Å². The van der Waals surface area contributed by atoms with Crippen molar-refractivity contribution in [3.63, 3.8) is 0 Å². The molecule has 11 atom stereocenters. The van der Waals surface area contributed by atoms with Gasteiger partial charge in [0.1, 0.15) is 0 Å². The monoisotopic (exact) mass is 767 g/mol. The van der Waals surface area contributed by atoms with Gasteiger partial charge in [0.25, 0.3) is 0 Å². The SMILES string of the molecule is CCCCCCCCC=CCCCCCCCC(=O)N1CCC(NC(=O)CC[C@@H](C)C2CC[C@H]3[C@@H]4[C@H](O)[C@H](CC)[C@@H]5C[C@H](O)CC[C@]5(C)[C@H]4CC[C@]23C)CC1. The Morgan fingerprint density at radius 2 is 1.36 bits per heavy atom. The number of nitrogens with one attached hydrogen (secondary N) is 1. The van der Waals surface area contributed by atoms with E-state index >= 15 is 0 Å². The summed E-state index contributed by atoms with van der Waals surface area (Å²) in [6.07, 6.45) is 33.5. The van der Waals surface area contributed by atoms with Crippen LogP contribution in [-0.4, -0.2) is 58.3 Å². The lowest BCUT2D eigenvalue weighted by atomic mass is 9.41. The summed E-state index contributed by atoms with van der Waals surface area (Å²) < 4.78 is 0. The number of piperidine rings is 1. The number of aliphatic hydroxyl groups excluding tert-OH is 2. The molecule has 1 heterocycles. The quantitative estimate of drug-likeness (QED) is 0.0801. The van der Waals surface area contributed by atoms with Gasteiger partial charge in [-0.05, 0) is 149 Å². The minimum atomic E-state index is -0.253. The molecule has 55 heavy (non-hydrogen) atoms. The summed E-state index contributed by atoms with van der Waals surface area (Å²) in [5.41, 5.74) is 0.470. The number of rotatable bonds is 21. The molecule has 0 bridgehead atoms. The highest BCUT2D eigenvalue weighted by Gasteiger charge is 2.64. The third kappa shape index (κ3) is 11.2. The van der Waals surface area contributed by atoms with Crippen LogP contribution in [0.4, 0.5) is 0 Å². The standard InChI is InChI=1S/C49H86N2O4/c1-6-8-9-10-11-12-13-14-15-16-17-18-19-20-21-22-45(54)51-33-29-37(30-34-51)50-44(53)26-23-36(3)40-24-25-41-46-42(28-32-48(40,41)4)49(5)31-27-38(52)35-43(49)39(7-2)47(46)55/h14-15,36-43,46-47,52,55H,6-13,16-35H2,1-5H3,(H,50,53)/t36-,38-,39-,40?,41+,42+,43+,46+,47-,48-,49-/m1/s1. The van der Waals surface area contributed by atoms with Gasteiger partial charge in [-0.15, -0.1) is 0 Å². The van der Waals surface area contributed by atoms with Crippen LogP contribution in [0.25, 0.3) is 0 Å². The Labute approximate surface area is 338 Å². The van der Waals surface area contributed by atoms with Gasteiger partial charge in [0, 0.05) is 32.0 Å². The molecule has 3 N–H and O–H groups in total. The van der Waals surface area contributed by atoms with Crippen LogP contribution in [0.2, 0.25) is 0 Å². The first-order valence-electron chi connectivity index (χ1n) is 24.1. The van der Waals surface area contributed by atoms with E-state index in [1.807, 2.05) is 4.90 Å². The van der Waals surface area contributed by atoms with Gasteiger partial charge in [-0.3, -0.25) is 9.59 Å². The van der Waals surface area contributed by atoms with Crippen molar-refractivity contribution in [2.24, 2.45) is 52.3 Å². The van der Waals surface area contributed by atoms with E-state index in [-0.39, 0.29) is 35.0 Å². The summed E-state index contributed by atoms with van der Waals surface area (Å²) in [5.74, 6) is 3.81. The molecule has 0 aromatic heterocycles. The van der Waals surface area contributed by atoms with Crippen LogP contribution in [-0.2, 0) is 9.59 Å². The van der Waals surface area contributed by atoms with E-state index in [1.165, 1.54) is 96.3 Å². The third-order valence-corrected chi connectivity index (χ3v) is 16.8. The summed E-state index contributed by atoms with van der Waals surface area (Å²) >= 11 is 0. The zero-order chi connectivity index (χ0) is 39.4. The number of allylic oxidation sites excluding steroid dienone is 2. The van der Waals surface area contributed by atoms with E-state index in [1.54, 1.807) is 0 Å². The van der Waals surface area contributed by atoms with Gasteiger partial charge in [-0.2, -0.15) is 0 Å². The predicted octanol–water partition coefficient (Wildman–Crippen LogP) is 11.2. The fraction of sp³-hybridized carbons (Fsp3) is 0.918. The maximum Gasteiger partial charge on any atom is 0.222 e. The molecule has 0 aromatic rings. The van der Waals surface area contributed by atoms with Crippen molar-refractivity contribution in [1.29, 1.82) is 0 Å². The molecule has 4 saturated carbocycles. The van der Waals surface area contributed by atoms with E-state index in [0.717, 1.165) is 70.9 Å². The van der Waals surface area contributed by atoms with Crippen LogP contribution in [0.3, 0.4) is 0 Å². The van der Waals surface area contributed by atoms with Crippen molar-refractivity contribution in [2.75, 3.05) is 13.1 Å². The molecule has 2 amide bonds. The van der Waals surface area contributed by atoms with Gasteiger partial charge >= 0.3 is 0 Å². The lowest BCUT2D eigenvalue weighted by molar-refractivity contribution is -0.203. The maximum absolute atomic E-state index is 13.2. The van der Waals surface area contributed by atoms with Crippen LogP contribution in [0.1, 0.15) is 202 Å². The van der Waals surface area contributed by atoms with E-state index in [2.05, 4.69) is 52.1 Å². The summed E-state index contributed by atoms with van der Waals surface area (Å²) in [4.78, 5) is 28.2. The molecule has 0 aromatic carbocycles. The topological polar surface area (TPSA) is 89.9 Å². The number of nitrogens with zero attached hydrogens (tertiary/aromatic N) is 1. The average Bonchev–Trinajstić information content (AvgIpc) is 3.53. The number of aliphatic hydroxyl groups is 2. The average molecular weight is 767 g/mol. The Bertz CT molecular complexity index is 1200. The summed E-state index contributed by atoms with van der Waals surface area (Å²) in [7, 11) is 0. The number of hydrogen-bond acceptors (Lipinski definition) is 4. The van der Waals surface area contributed by atoms with E-state index < -0.39 is 0 Å². The Morgan fingerprint density at radius 3 is 2.04 bits per heavy atom. The summed E-state index contributed by atoms with van der Waals surface area (Å²) in [5, 5.41) is 26.0. The zero-order valence-electron chi connectivity index (χ0n) is 36.4. The minimum absolute atomic E-state index is 0.181. The second kappa shape index (κ2) is 21.6. The zero-order valence-corrected chi connectivity index (χ0v) is 36.4. The largest absolute Gasteiger partial charge is 0.393 e. The Balaban J connectivity index is 0.946. The van der Waals surface area contributed by atoms with Crippen molar-refractivity contribution in [3.05, 3.63) is 12.2 Å². The molecule has 1 unspecified atom stereocenters. The smallest absolute Gasteiger partial charge is 0.222 e. The van der Waals surface area contributed by atoms with E-state index in [0.29, 0.717) is 60.2 Å². The third-order valence-electron chi connectivity index (χ3n) is 16.8. The van der Waals surface area contributed by atoms with Crippen LogP contribution in [0, 0.1) is 52.3 Å². The first-order valence-corrected chi connectivity index (χ1v) is 24.1. The maximum atomic E-state index is 13.2. The first-order chi connectivity index (χ1) is 26.5. The molecule has 5 aliphatic rings. The Kier molecular flexibility index (Phi) is 17.5. The molecule has 5 rings (SSSR count). The van der Waals surface area contributed by atoms with Gasteiger partial charge in [0.15, 0.2) is 0 Å². The van der Waals surface area contributed by atoms with Gasteiger partial charge in [-0.1, -0.05) is 105 Å². The number of hydrogen-bond donors (Lipinski definition) is 3. The Hall–Kier alpha value is -1.40. The summed E-state index contributed by atoms with van der Waals surface area (Å²) in [6, 6.07) is 0.181. The fourth-order valence-electron chi connectivity index (χ4n) is 13.6. The van der Waals surface area contributed by atoms with E-state index in [9.17, 15) is 19.8 Å². The summed E-state index contributed by atoms with van der Waals surface area (Å²) in [6.45, 7) is 13.5. The van der Waals surface area contributed by atoms with Gasteiger partial charge in [-0.25, -0.2) is 0 Å². The number of unbranched alkanes of at least 4 members (excludes halogenated alkanes) is 11. The van der Waals surface area contributed by atoms with Crippen LogP contribution in [0.15, 0.2) is 12.2 Å². The number of amides is 2. The van der Waals surface area contributed by atoms with Crippen molar-refractivity contribution in [1.82, 2.24) is 10.2 Å². The van der Waals surface area contributed by atoms with Crippen LogP contribution in [0.5, 0.6) is 0 Å². The molecule has 1 saturated heterocycles. The van der Waals surface area contributed by atoms with Crippen molar-refractivity contribution in [2.45, 2.75) is 220 Å². The molecule has 4 aliphatic carbocycles. The van der Waals surface area contributed by atoms with Crippen molar-refractivity contribution in [3.8, 4) is 0 Å². The van der Waals surface area contributed by atoms with Crippen LogP contribution < -0.4 is 5.32 Å². The highest BCUT2D eigenvalue weighted by atomic mass is 16.3. The number of fused-ring (bicyclic) bond motifs is 5. The van der Waals surface area contributed by atoms with Crippen molar-refractivity contribution >= 4 is 11.8 Å². The lowest BCUT2D eigenvalue weighted by Gasteiger charge is -2.64. The highest BCUT2D eigenvalue weighted by molar-refractivity contribution is 5.77. The van der Waals surface area contributed by atoms with Gasteiger partial charge in [0.2, 0.25) is 11.8 Å². The molecule has 0 spiro atoms. The van der Waals surface area contributed by atoms with Gasteiger partial charge < -0.3 is 20.4 Å². The normalized spacial score (nSPS) is 35.7. The predicted molar refractivity (Wildman–Crippen MR) is 227 cm³/mol. The highest BCUT2D eigenvalue weighted by Crippen LogP contribution is 2.69. The molecular formula is C49H86N2O4. The second-order valence-electron chi connectivity index (χ2n) is 20.2. The lowest BCUT2D eigenvalue weighted by Crippen LogP contribution is -2.62. The number of carbonyl (C=O) groups excluding carboxylic acids is 2. The van der Waals surface area contributed by atoms with Crippen LogP contribution >= 0.6 is 0 Å². The molecule has 6 nitrogen and oxygen atoms in total. The van der Waals surface area contributed by atoms with Gasteiger partial charge in [0.05, 0.1) is 12.2 Å². The Morgan fingerprint density at radius 1 is 0.745 bits per heavy atom. The molecular weight excluding hydrogens is 681 g/mol. The molecule has 0 radical (unpaired) electrons.